The van der Waals surface area contributed by atoms with Crippen LogP contribution >= 0.6 is 23.1 Å². The molecule has 1 aromatic heterocycles. The number of nitrogens with one attached hydrogen (secondary N) is 2. The molecule has 0 atom stereocenters. The molecule has 132 valence electrons. The summed E-state index contributed by atoms with van der Waals surface area (Å²) in [5.41, 5.74) is 0. The Balaban J connectivity index is 1.86. The number of imide groups is 1. The first-order chi connectivity index (χ1) is 11.4. The summed E-state index contributed by atoms with van der Waals surface area (Å²) in [7, 11) is 0. The lowest BCUT2D eigenvalue weighted by atomic mass is 10.4. The van der Waals surface area contributed by atoms with E-state index < -0.39 is 11.9 Å². The molecule has 4 amide bonds. The van der Waals surface area contributed by atoms with Crippen LogP contribution < -0.4 is 15.5 Å². The van der Waals surface area contributed by atoms with Crippen molar-refractivity contribution in [3.63, 3.8) is 0 Å². The largest absolute Gasteiger partial charge is 0.336 e. The number of carbonyl (C=O) groups excluding carboxylic acids is 3. The van der Waals surface area contributed by atoms with Crippen molar-refractivity contribution in [2.45, 2.75) is 56.5 Å². The Hall–Kier alpha value is -1.68. The van der Waals surface area contributed by atoms with Crippen LogP contribution in [0.3, 0.4) is 0 Å². The van der Waals surface area contributed by atoms with Crippen molar-refractivity contribution in [2.24, 2.45) is 0 Å². The van der Waals surface area contributed by atoms with E-state index in [1.54, 1.807) is 4.90 Å². The molecule has 1 aliphatic rings. The summed E-state index contributed by atoms with van der Waals surface area (Å²) < 4.78 is 0.596. The van der Waals surface area contributed by atoms with Gasteiger partial charge >= 0.3 is 6.03 Å². The molecular formula is C14H21N5O3S2. The van der Waals surface area contributed by atoms with E-state index in [0.717, 1.165) is 12.8 Å². The van der Waals surface area contributed by atoms with Crippen molar-refractivity contribution in [3.8, 4) is 0 Å². The van der Waals surface area contributed by atoms with Crippen LogP contribution in [0.15, 0.2) is 4.34 Å². The second kappa shape index (κ2) is 8.43. The summed E-state index contributed by atoms with van der Waals surface area (Å²) in [4.78, 5) is 36.9. The number of hydrogen-bond acceptors (Lipinski definition) is 7. The Kier molecular flexibility index (Phi) is 6.55. The molecule has 1 aromatic rings. The summed E-state index contributed by atoms with van der Waals surface area (Å²) >= 11 is 2.48. The Morgan fingerprint density at radius 2 is 2.04 bits per heavy atom. The highest BCUT2D eigenvalue weighted by molar-refractivity contribution is 8.01. The van der Waals surface area contributed by atoms with Gasteiger partial charge in [0, 0.05) is 18.5 Å². The van der Waals surface area contributed by atoms with E-state index in [9.17, 15) is 14.4 Å². The minimum Gasteiger partial charge on any atom is -0.336 e. The Bertz CT molecular complexity index is 615. The summed E-state index contributed by atoms with van der Waals surface area (Å²) in [6, 6.07) is -0.325. The maximum absolute atomic E-state index is 12.0. The number of anilines is 1. The molecule has 0 spiro atoms. The minimum atomic E-state index is -0.512. The summed E-state index contributed by atoms with van der Waals surface area (Å²) in [5, 5.41) is 13.5. The fraction of sp³-hybridized carbons (Fsp3) is 0.643. The first kappa shape index (κ1) is 18.7. The smallest absolute Gasteiger partial charge is 0.321 e. The Morgan fingerprint density at radius 3 is 2.62 bits per heavy atom. The molecule has 1 fully saturated rings. The molecule has 1 saturated carbocycles. The van der Waals surface area contributed by atoms with Gasteiger partial charge in [0.1, 0.15) is 0 Å². The number of aromatic nitrogens is 2. The number of thioether (sulfide) groups is 1. The third-order valence-corrected chi connectivity index (χ3v) is 5.14. The highest BCUT2D eigenvalue weighted by Crippen LogP contribution is 2.36. The zero-order chi connectivity index (χ0) is 17.7. The predicted octanol–water partition coefficient (Wildman–Crippen LogP) is 1.77. The first-order valence-electron chi connectivity index (χ1n) is 7.79. The molecule has 10 heteroatoms. The van der Waals surface area contributed by atoms with Crippen molar-refractivity contribution in [1.29, 1.82) is 0 Å². The molecule has 1 aliphatic carbocycles. The highest BCUT2D eigenvalue weighted by Gasteiger charge is 2.35. The zero-order valence-corrected chi connectivity index (χ0v) is 15.5. The summed E-state index contributed by atoms with van der Waals surface area (Å²) in [6.07, 6.45) is 2.40. The van der Waals surface area contributed by atoms with Gasteiger partial charge in [0.15, 0.2) is 4.34 Å². The summed E-state index contributed by atoms with van der Waals surface area (Å²) in [6.45, 7) is 5.44. The van der Waals surface area contributed by atoms with E-state index >= 15 is 0 Å². The highest BCUT2D eigenvalue weighted by atomic mass is 32.2. The van der Waals surface area contributed by atoms with Crippen LogP contribution in [0.2, 0.25) is 0 Å². The quantitative estimate of drug-likeness (QED) is 0.559. The van der Waals surface area contributed by atoms with Crippen LogP contribution in [0.25, 0.3) is 0 Å². The van der Waals surface area contributed by atoms with Crippen molar-refractivity contribution in [1.82, 2.24) is 20.8 Å². The second-order valence-electron chi connectivity index (χ2n) is 5.66. The maximum Gasteiger partial charge on any atom is 0.321 e. The normalized spacial score (nSPS) is 13.7. The van der Waals surface area contributed by atoms with Gasteiger partial charge in [-0.2, -0.15) is 0 Å². The van der Waals surface area contributed by atoms with E-state index in [-0.39, 0.29) is 23.7 Å². The fourth-order valence-corrected chi connectivity index (χ4v) is 3.65. The number of urea groups is 1. The molecule has 0 bridgehead atoms. The van der Waals surface area contributed by atoms with E-state index in [2.05, 4.69) is 20.8 Å². The van der Waals surface area contributed by atoms with Crippen molar-refractivity contribution >= 4 is 46.1 Å². The SMILES string of the molecule is CCC(=O)N(c1nnc(SCC(=O)NC(=O)NC(C)C)s1)C1CC1. The van der Waals surface area contributed by atoms with Gasteiger partial charge in [-0.05, 0) is 26.7 Å². The monoisotopic (exact) mass is 371 g/mol. The van der Waals surface area contributed by atoms with Gasteiger partial charge in [0.25, 0.3) is 0 Å². The van der Waals surface area contributed by atoms with Crippen LogP contribution in [-0.4, -0.2) is 45.9 Å². The average molecular weight is 371 g/mol. The molecule has 0 saturated heterocycles. The van der Waals surface area contributed by atoms with E-state index in [0.29, 0.717) is 15.9 Å². The molecule has 1 heterocycles. The lowest BCUT2D eigenvalue weighted by molar-refractivity contribution is -0.118. The molecular weight excluding hydrogens is 350 g/mol. The maximum atomic E-state index is 12.0. The summed E-state index contributed by atoms with van der Waals surface area (Å²) in [5.74, 6) is -0.308. The van der Waals surface area contributed by atoms with Gasteiger partial charge in [0.05, 0.1) is 5.75 Å². The van der Waals surface area contributed by atoms with Gasteiger partial charge in [-0.1, -0.05) is 30.0 Å². The van der Waals surface area contributed by atoms with Crippen LogP contribution in [-0.2, 0) is 9.59 Å². The zero-order valence-electron chi connectivity index (χ0n) is 13.9. The molecule has 0 radical (unpaired) electrons. The number of amides is 4. The molecule has 2 N–H and O–H groups in total. The number of nitrogens with zero attached hydrogens (tertiary/aromatic N) is 3. The van der Waals surface area contributed by atoms with E-state index in [4.69, 9.17) is 0 Å². The molecule has 8 nitrogen and oxygen atoms in total. The number of carbonyl (C=O) groups is 3. The first-order valence-corrected chi connectivity index (χ1v) is 9.59. The molecule has 0 unspecified atom stereocenters. The van der Waals surface area contributed by atoms with Gasteiger partial charge < -0.3 is 5.32 Å². The predicted molar refractivity (Wildman–Crippen MR) is 93.2 cm³/mol. The van der Waals surface area contributed by atoms with Crippen LogP contribution in [0.4, 0.5) is 9.93 Å². The van der Waals surface area contributed by atoms with Gasteiger partial charge in [-0.25, -0.2) is 4.79 Å². The number of rotatable bonds is 7. The fourth-order valence-electron chi connectivity index (χ4n) is 1.92. The van der Waals surface area contributed by atoms with E-state index in [1.165, 1.54) is 23.1 Å². The lowest BCUT2D eigenvalue weighted by Crippen LogP contribution is -2.43. The van der Waals surface area contributed by atoms with E-state index in [1.807, 2.05) is 20.8 Å². The third-order valence-electron chi connectivity index (χ3n) is 3.08. The van der Waals surface area contributed by atoms with Crippen LogP contribution in [0.1, 0.15) is 40.0 Å². The molecule has 2 rings (SSSR count). The average Bonchev–Trinajstić information content (AvgIpc) is 3.22. The van der Waals surface area contributed by atoms with Crippen LogP contribution in [0, 0.1) is 0 Å². The lowest BCUT2D eigenvalue weighted by Gasteiger charge is -2.17. The minimum absolute atomic E-state index is 0.0355. The molecule has 0 aromatic carbocycles. The van der Waals surface area contributed by atoms with Crippen LogP contribution in [0.5, 0.6) is 0 Å². The Labute approximate surface area is 148 Å². The van der Waals surface area contributed by atoms with Crippen molar-refractivity contribution in [2.75, 3.05) is 10.7 Å². The molecule has 0 aliphatic heterocycles. The van der Waals surface area contributed by atoms with Gasteiger partial charge in [0.2, 0.25) is 16.9 Å². The number of hydrogen-bond donors (Lipinski definition) is 2. The third kappa shape index (κ3) is 5.45. The van der Waals surface area contributed by atoms with Crippen molar-refractivity contribution in [3.05, 3.63) is 0 Å². The van der Waals surface area contributed by atoms with Gasteiger partial charge in [-0.15, -0.1) is 10.2 Å². The second-order valence-corrected chi connectivity index (χ2v) is 7.84. The van der Waals surface area contributed by atoms with Crippen molar-refractivity contribution < 1.29 is 14.4 Å². The Morgan fingerprint density at radius 1 is 1.33 bits per heavy atom. The topological polar surface area (TPSA) is 104 Å². The molecule has 24 heavy (non-hydrogen) atoms. The standard InChI is InChI=1S/C14H21N5O3S2/c1-4-11(21)19(9-5-6-9)13-17-18-14(24-13)23-7-10(20)16-12(22)15-8(2)3/h8-9H,4-7H2,1-3H3,(H2,15,16,20,22). The van der Waals surface area contributed by atoms with Gasteiger partial charge in [-0.3, -0.25) is 19.8 Å².